The smallest absolute Gasteiger partial charge is 0.241 e. The van der Waals surface area contributed by atoms with Crippen molar-refractivity contribution in [1.82, 2.24) is 0 Å². The van der Waals surface area contributed by atoms with Crippen LogP contribution >= 0.6 is 11.8 Å². The van der Waals surface area contributed by atoms with Crippen molar-refractivity contribution >= 4 is 17.7 Å². The Morgan fingerprint density at radius 2 is 2.27 bits per heavy atom. The summed E-state index contributed by atoms with van der Waals surface area (Å²) < 4.78 is 0. The average molecular weight is 173 g/mol. The Kier molecular flexibility index (Phi) is 7.36. The van der Waals surface area contributed by atoms with E-state index in [0.717, 1.165) is 5.75 Å². The van der Waals surface area contributed by atoms with Gasteiger partial charge in [0.25, 0.3) is 0 Å². The highest BCUT2D eigenvalue weighted by Gasteiger charge is 1.85. The third-order valence-corrected chi connectivity index (χ3v) is 2.05. The molecule has 0 saturated carbocycles. The van der Waals surface area contributed by atoms with Gasteiger partial charge < -0.3 is 5.73 Å². The van der Waals surface area contributed by atoms with Crippen LogP contribution in [0.5, 0.6) is 0 Å². The summed E-state index contributed by atoms with van der Waals surface area (Å²) in [5.74, 6) is 0.713. The summed E-state index contributed by atoms with van der Waals surface area (Å²) in [4.78, 5) is 10.2. The van der Waals surface area contributed by atoms with Crippen molar-refractivity contribution in [3.63, 3.8) is 0 Å². The van der Waals surface area contributed by atoms with E-state index < -0.39 is 0 Å². The van der Waals surface area contributed by atoms with Crippen LogP contribution in [0.3, 0.4) is 0 Å². The highest BCUT2D eigenvalue weighted by Crippen LogP contribution is 2.06. The normalized spacial score (nSPS) is 10.6. The van der Waals surface area contributed by atoms with Crippen LogP contribution in [0.4, 0.5) is 0 Å². The summed E-state index contributed by atoms with van der Waals surface area (Å²) in [6, 6.07) is 0. The molecule has 0 aromatic carbocycles. The molecule has 0 rings (SSSR count). The lowest BCUT2D eigenvalue weighted by molar-refractivity contribution is -0.113. The van der Waals surface area contributed by atoms with E-state index >= 15 is 0 Å². The molecule has 1 amide bonds. The minimum Gasteiger partial charge on any atom is -0.366 e. The molecule has 0 fully saturated rings. The van der Waals surface area contributed by atoms with E-state index in [1.54, 1.807) is 17.2 Å². The lowest BCUT2D eigenvalue weighted by atomic mass is 10.3. The monoisotopic (exact) mass is 173 g/mol. The second-order valence-corrected chi connectivity index (χ2v) is 3.30. The van der Waals surface area contributed by atoms with Crippen LogP contribution in [-0.2, 0) is 4.79 Å². The summed E-state index contributed by atoms with van der Waals surface area (Å²) >= 11 is 1.64. The zero-order valence-corrected chi connectivity index (χ0v) is 7.69. The Labute approximate surface area is 72.2 Å². The quantitative estimate of drug-likeness (QED) is 0.492. The Morgan fingerprint density at radius 1 is 1.55 bits per heavy atom. The molecule has 0 aliphatic heterocycles. The lowest BCUT2D eigenvalue weighted by Gasteiger charge is -1.92. The van der Waals surface area contributed by atoms with Crippen molar-refractivity contribution in [1.29, 1.82) is 0 Å². The molecule has 0 aromatic heterocycles. The van der Waals surface area contributed by atoms with Gasteiger partial charge in [-0.3, -0.25) is 4.79 Å². The van der Waals surface area contributed by atoms with Gasteiger partial charge in [0.15, 0.2) is 0 Å². The van der Waals surface area contributed by atoms with E-state index in [4.69, 9.17) is 5.73 Å². The number of rotatable bonds is 6. The van der Waals surface area contributed by atoms with Crippen molar-refractivity contribution in [2.45, 2.75) is 26.2 Å². The van der Waals surface area contributed by atoms with Gasteiger partial charge in [-0.1, -0.05) is 19.8 Å². The van der Waals surface area contributed by atoms with Gasteiger partial charge in [0.05, 0.1) is 0 Å². The fourth-order valence-corrected chi connectivity index (χ4v) is 1.36. The molecular weight excluding hydrogens is 158 g/mol. The molecule has 0 spiro atoms. The highest BCUT2D eigenvalue weighted by atomic mass is 32.2. The van der Waals surface area contributed by atoms with Crippen LogP contribution in [-0.4, -0.2) is 11.7 Å². The molecule has 2 N–H and O–H groups in total. The van der Waals surface area contributed by atoms with Crippen molar-refractivity contribution in [2.24, 2.45) is 5.73 Å². The maximum atomic E-state index is 10.2. The number of thioether (sulfide) groups is 1. The van der Waals surface area contributed by atoms with Gasteiger partial charge in [-0.25, -0.2) is 0 Å². The molecule has 0 atom stereocenters. The molecular formula is C8H15NOS. The summed E-state index contributed by atoms with van der Waals surface area (Å²) in [6.07, 6.45) is 5.11. The van der Waals surface area contributed by atoms with Gasteiger partial charge in [0.1, 0.15) is 0 Å². The third-order valence-electron chi connectivity index (χ3n) is 1.19. The molecule has 0 aliphatic rings. The molecule has 0 bridgehead atoms. The first kappa shape index (κ1) is 10.6. The topological polar surface area (TPSA) is 43.1 Å². The van der Waals surface area contributed by atoms with E-state index in [2.05, 4.69) is 6.92 Å². The third kappa shape index (κ3) is 9.56. The van der Waals surface area contributed by atoms with Crippen LogP contribution < -0.4 is 5.73 Å². The van der Waals surface area contributed by atoms with E-state index in [1.807, 2.05) is 0 Å². The molecule has 0 radical (unpaired) electrons. The fraction of sp³-hybridized carbons (Fsp3) is 0.625. The molecule has 3 heteroatoms. The number of unbranched alkanes of at least 4 members (excludes halogenated alkanes) is 2. The molecule has 11 heavy (non-hydrogen) atoms. The van der Waals surface area contributed by atoms with Gasteiger partial charge in [-0.05, 0) is 17.6 Å². The number of hydrogen-bond acceptors (Lipinski definition) is 2. The number of primary amides is 1. The number of amides is 1. The first-order valence-electron chi connectivity index (χ1n) is 3.85. The summed E-state index contributed by atoms with van der Waals surface area (Å²) in [5.41, 5.74) is 4.89. The van der Waals surface area contributed by atoms with Gasteiger partial charge in [-0.15, -0.1) is 11.8 Å². The Bertz CT molecular complexity index is 134. The van der Waals surface area contributed by atoms with Crippen molar-refractivity contribution in [3.05, 3.63) is 11.5 Å². The Balaban J connectivity index is 3.07. The number of nitrogens with two attached hydrogens (primary N) is 1. The van der Waals surface area contributed by atoms with Crippen LogP contribution in [0.25, 0.3) is 0 Å². The summed E-state index contributed by atoms with van der Waals surface area (Å²) in [7, 11) is 0. The predicted octanol–water partition coefficient (Wildman–Crippen LogP) is 1.91. The first-order chi connectivity index (χ1) is 5.27. The number of hydrogen-bond donors (Lipinski definition) is 1. The lowest BCUT2D eigenvalue weighted by Crippen LogP contribution is -2.04. The molecule has 2 nitrogen and oxygen atoms in total. The van der Waals surface area contributed by atoms with Gasteiger partial charge in [-0.2, -0.15) is 0 Å². The van der Waals surface area contributed by atoms with E-state index in [1.165, 1.54) is 25.3 Å². The van der Waals surface area contributed by atoms with Crippen LogP contribution in [0.1, 0.15) is 26.2 Å². The van der Waals surface area contributed by atoms with Gasteiger partial charge in [0.2, 0.25) is 5.91 Å². The predicted molar refractivity (Wildman–Crippen MR) is 50.3 cm³/mol. The molecule has 0 unspecified atom stereocenters. The zero-order valence-electron chi connectivity index (χ0n) is 6.88. The van der Waals surface area contributed by atoms with E-state index in [-0.39, 0.29) is 5.91 Å². The Morgan fingerprint density at radius 3 is 2.82 bits per heavy atom. The SMILES string of the molecule is CCCCCSC=CC(N)=O. The largest absolute Gasteiger partial charge is 0.366 e. The molecule has 0 saturated heterocycles. The summed E-state index contributed by atoms with van der Waals surface area (Å²) in [5, 5.41) is 1.76. The molecule has 0 aliphatic carbocycles. The maximum absolute atomic E-state index is 10.2. The van der Waals surface area contributed by atoms with E-state index in [9.17, 15) is 4.79 Å². The Hall–Kier alpha value is -0.440. The fourth-order valence-electron chi connectivity index (χ4n) is 0.619. The zero-order chi connectivity index (χ0) is 8.53. The molecule has 0 heterocycles. The summed E-state index contributed by atoms with van der Waals surface area (Å²) in [6.45, 7) is 2.17. The van der Waals surface area contributed by atoms with Crippen LogP contribution in [0.2, 0.25) is 0 Å². The molecule has 0 aromatic rings. The van der Waals surface area contributed by atoms with Gasteiger partial charge in [0, 0.05) is 6.08 Å². The minimum atomic E-state index is -0.368. The van der Waals surface area contributed by atoms with E-state index in [0.29, 0.717) is 0 Å². The maximum Gasteiger partial charge on any atom is 0.241 e. The average Bonchev–Trinajstić information content (AvgIpc) is 1.96. The minimum absolute atomic E-state index is 0.368. The van der Waals surface area contributed by atoms with Crippen molar-refractivity contribution in [2.75, 3.05) is 5.75 Å². The second-order valence-electron chi connectivity index (χ2n) is 2.28. The number of carbonyl (C=O) groups is 1. The van der Waals surface area contributed by atoms with Crippen molar-refractivity contribution < 1.29 is 4.79 Å². The highest BCUT2D eigenvalue weighted by molar-refractivity contribution is 8.02. The molecule has 64 valence electrons. The number of carbonyl (C=O) groups excluding carboxylic acids is 1. The first-order valence-corrected chi connectivity index (χ1v) is 4.90. The van der Waals surface area contributed by atoms with Crippen molar-refractivity contribution in [3.8, 4) is 0 Å². The standard InChI is InChI=1S/C8H15NOS/c1-2-3-4-6-11-7-5-8(9)10/h5,7H,2-4,6H2,1H3,(H2,9,10). The van der Waals surface area contributed by atoms with Crippen LogP contribution in [0, 0.1) is 0 Å². The van der Waals surface area contributed by atoms with Gasteiger partial charge >= 0.3 is 0 Å². The second kappa shape index (κ2) is 7.66. The van der Waals surface area contributed by atoms with Crippen LogP contribution in [0.15, 0.2) is 11.5 Å².